The normalized spacial score (nSPS) is 26.5. The van der Waals surface area contributed by atoms with Crippen LogP contribution in [0.5, 0.6) is 0 Å². The lowest BCUT2D eigenvalue weighted by Gasteiger charge is -2.37. The molecule has 0 N–H and O–H groups in total. The van der Waals surface area contributed by atoms with Crippen LogP contribution in [-0.4, -0.2) is 18.3 Å². The van der Waals surface area contributed by atoms with Gasteiger partial charge in [-0.05, 0) is 57.4 Å². The van der Waals surface area contributed by atoms with Crippen LogP contribution in [0, 0.1) is 5.92 Å². The predicted molar refractivity (Wildman–Crippen MR) is 89.7 cm³/mol. The maximum Gasteiger partial charge on any atom is 0.0796 e. The number of hydrogen-bond donors (Lipinski definition) is 0. The summed E-state index contributed by atoms with van der Waals surface area (Å²) in [7, 11) is 0. The summed E-state index contributed by atoms with van der Waals surface area (Å²) in [6.07, 6.45) is 8.76. The van der Waals surface area contributed by atoms with E-state index in [0.29, 0.717) is 6.10 Å². The quantitative estimate of drug-likeness (QED) is 0.550. The molecule has 1 fully saturated rings. The molecule has 22 heavy (non-hydrogen) atoms. The molecule has 2 heteroatoms. The molecule has 2 aliphatic rings. The van der Waals surface area contributed by atoms with Gasteiger partial charge >= 0.3 is 0 Å². The third kappa shape index (κ3) is 4.21. The molecule has 1 aromatic carbocycles. The van der Waals surface area contributed by atoms with Crippen LogP contribution in [-0.2, 0) is 16.1 Å². The van der Waals surface area contributed by atoms with Crippen molar-refractivity contribution in [3.8, 4) is 0 Å². The lowest BCUT2D eigenvalue weighted by Crippen LogP contribution is -2.38. The van der Waals surface area contributed by atoms with Gasteiger partial charge in [-0.15, -0.1) is 0 Å². The Labute approximate surface area is 134 Å². The fraction of sp³-hybridized carbons (Fsp3) is 0.600. The van der Waals surface area contributed by atoms with E-state index in [1.807, 2.05) is 6.07 Å². The Kier molecular flexibility index (Phi) is 5.00. The van der Waals surface area contributed by atoms with E-state index in [0.717, 1.165) is 32.0 Å². The zero-order chi connectivity index (χ0) is 15.4. The van der Waals surface area contributed by atoms with Crippen LogP contribution < -0.4 is 0 Å². The van der Waals surface area contributed by atoms with Crippen molar-refractivity contribution in [3.05, 3.63) is 47.5 Å². The van der Waals surface area contributed by atoms with E-state index in [9.17, 15) is 0 Å². The highest BCUT2D eigenvalue weighted by Gasteiger charge is 2.37. The summed E-state index contributed by atoms with van der Waals surface area (Å²) in [6, 6.07) is 10.4. The molecule has 1 aliphatic heterocycles. The van der Waals surface area contributed by atoms with Crippen LogP contribution in [0.4, 0.5) is 0 Å². The zero-order valence-corrected chi connectivity index (χ0v) is 13.9. The Hall–Kier alpha value is -1.12. The Morgan fingerprint density at radius 1 is 1.23 bits per heavy atom. The fourth-order valence-corrected chi connectivity index (χ4v) is 3.60. The molecule has 0 unspecified atom stereocenters. The first-order chi connectivity index (χ1) is 10.6. The molecular weight excluding hydrogens is 272 g/mol. The molecule has 0 bridgehead atoms. The van der Waals surface area contributed by atoms with Crippen LogP contribution in [0.3, 0.4) is 0 Å². The van der Waals surface area contributed by atoms with Crippen LogP contribution >= 0.6 is 0 Å². The van der Waals surface area contributed by atoms with Gasteiger partial charge in [0.1, 0.15) is 0 Å². The van der Waals surface area contributed by atoms with Crippen molar-refractivity contribution in [2.24, 2.45) is 5.92 Å². The molecule has 2 nitrogen and oxygen atoms in total. The first-order valence-electron chi connectivity index (χ1n) is 8.61. The molecule has 0 aromatic heterocycles. The number of fused-ring (bicyclic) bond motifs is 1. The number of hydrogen-bond acceptors (Lipinski definition) is 2. The van der Waals surface area contributed by atoms with E-state index in [1.165, 1.54) is 24.8 Å². The first-order valence-corrected chi connectivity index (χ1v) is 8.61. The lowest BCUT2D eigenvalue weighted by atomic mass is 9.87. The molecule has 1 saturated heterocycles. The largest absolute Gasteiger partial charge is 0.377 e. The minimum absolute atomic E-state index is 0.0614. The minimum atomic E-state index is 0.0614. The highest BCUT2D eigenvalue weighted by Crippen LogP contribution is 2.41. The number of benzene rings is 1. The topological polar surface area (TPSA) is 18.5 Å². The third-order valence-corrected chi connectivity index (χ3v) is 4.86. The molecule has 2 atom stereocenters. The van der Waals surface area contributed by atoms with Gasteiger partial charge in [-0.25, -0.2) is 0 Å². The van der Waals surface area contributed by atoms with Gasteiger partial charge in [0.25, 0.3) is 0 Å². The SMILES string of the molecule is CC1(C)CC[C@@H]2CC(CCCOCc3ccccc3)=C[C@@H]2O1. The molecule has 0 saturated carbocycles. The van der Waals surface area contributed by atoms with Gasteiger partial charge in [-0.2, -0.15) is 0 Å². The van der Waals surface area contributed by atoms with Crippen LogP contribution in [0.15, 0.2) is 42.0 Å². The van der Waals surface area contributed by atoms with Crippen molar-refractivity contribution < 1.29 is 9.47 Å². The zero-order valence-electron chi connectivity index (χ0n) is 13.9. The smallest absolute Gasteiger partial charge is 0.0796 e. The van der Waals surface area contributed by atoms with Crippen molar-refractivity contribution in [1.82, 2.24) is 0 Å². The lowest BCUT2D eigenvalue weighted by molar-refractivity contribution is -0.108. The van der Waals surface area contributed by atoms with Crippen LogP contribution in [0.1, 0.15) is 51.5 Å². The van der Waals surface area contributed by atoms with E-state index in [1.54, 1.807) is 5.57 Å². The summed E-state index contributed by atoms with van der Waals surface area (Å²) in [5.41, 5.74) is 2.89. The summed E-state index contributed by atoms with van der Waals surface area (Å²) in [5.74, 6) is 0.730. The maximum atomic E-state index is 6.21. The van der Waals surface area contributed by atoms with Crippen LogP contribution in [0.25, 0.3) is 0 Å². The van der Waals surface area contributed by atoms with Crippen molar-refractivity contribution >= 4 is 0 Å². The fourth-order valence-electron chi connectivity index (χ4n) is 3.60. The second-order valence-corrected chi connectivity index (χ2v) is 7.31. The molecule has 1 heterocycles. The van der Waals surface area contributed by atoms with Gasteiger partial charge in [-0.3, -0.25) is 0 Å². The molecule has 3 rings (SSSR count). The summed E-state index contributed by atoms with van der Waals surface area (Å²) in [5, 5.41) is 0. The van der Waals surface area contributed by atoms with Gasteiger partial charge in [0.05, 0.1) is 18.3 Å². The minimum Gasteiger partial charge on any atom is -0.377 e. The summed E-state index contributed by atoms with van der Waals surface area (Å²) in [6.45, 7) is 6.00. The van der Waals surface area contributed by atoms with Crippen LogP contribution in [0.2, 0.25) is 0 Å². The maximum absolute atomic E-state index is 6.21. The summed E-state index contributed by atoms with van der Waals surface area (Å²) in [4.78, 5) is 0. The van der Waals surface area contributed by atoms with E-state index >= 15 is 0 Å². The van der Waals surface area contributed by atoms with E-state index < -0.39 is 0 Å². The highest BCUT2D eigenvalue weighted by atomic mass is 16.5. The van der Waals surface area contributed by atoms with E-state index in [-0.39, 0.29) is 5.60 Å². The Morgan fingerprint density at radius 3 is 2.86 bits per heavy atom. The Balaban J connectivity index is 1.36. The van der Waals surface area contributed by atoms with E-state index in [2.05, 4.69) is 44.2 Å². The van der Waals surface area contributed by atoms with Gasteiger partial charge in [-0.1, -0.05) is 42.0 Å². The summed E-state index contributed by atoms with van der Waals surface area (Å²) < 4.78 is 12.0. The van der Waals surface area contributed by atoms with Gasteiger partial charge in [0.2, 0.25) is 0 Å². The van der Waals surface area contributed by atoms with Crippen molar-refractivity contribution in [2.75, 3.05) is 6.61 Å². The molecule has 0 spiro atoms. The Bertz CT molecular complexity index is 504. The van der Waals surface area contributed by atoms with Crippen molar-refractivity contribution in [2.45, 2.75) is 64.3 Å². The average Bonchev–Trinajstić information content (AvgIpc) is 2.88. The Morgan fingerprint density at radius 2 is 2.05 bits per heavy atom. The second kappa shape index (κ2) is 6.97. The van der Waals surface area contributed by atoms with Gasteiger partial charge < -0.3 is 9.47 Å². The van der Waals surface area contributed by atoms with Crippen molar-refractivity contribution in [3.63, 3.8) is 0 Å². The first kappa shape index (κ1) is 15.8. The number of rotatable bonds is 6. The monoisotopic (exact) mass is 300 g/mol. The standard InChI is InChI=1S/C20H28O2/c1-20(2)11-10-18-13-17(14-19(18)22-20)9-6-12-21-15-16-7-4-3-5-8-16/h3-5,7-8,14,18-19H,6,9-13,15H2,1-2H3/t18-,19+/m1/s1. The van der Waals surface area contributed by atoms with Crippen molar-refractivity contribution in [1.29, 1.82) is 0 Å². The predicted octanol–water partition coefficient (Wildman–Crippen LogP) is 4.89. The van der Waals surface area contributed by atoms with Gasteiger partial charge in [0.15, 0.2) is 0 Å². The van der Waals surface area contributed by atoms with Gasteiger partial charge in [0, 0.05) is 6.61 Å². The molecule has 0 amide bonds. The third-order valence-electron chi connectivity index (χ3n) is 4.86. The summed E-state index contributed by atoms with van der Waals surface area (Å²) >= 11 is 0. The molecule has 1 aliphatic carbocycles. The molecule has 0 radical (unpaired) electrons. The molecular formula is C20H28O2. The number of ether oxygens (including phenoxy) is 2. The average molecular weight is 300 g/mol. The number of allylic oxidation sites excluding steroid dienone is 1. The molecule has 1 aromatic rings. The molecule has 120 valence electrons. The second-order valence-electron chi connectivity index (χ2n) is 7.31. The van der Waals surface area contributed by atoms with E-state index in [4.69, 9.17) is 9.47 Å². The highest BCUT2D eigenvalue weighted by molar-refractivity contribution is 5.17.